The van der Waals surface area contributed by atoms with Crippen molar-refractivity contribution in [3.63, 3.8) is 0 Å². The summed E-state index contributed by atoms with van der Waals surface area (Å²) in [6, 6.07) is 13.0. The molecule has 0 radical (unpaired) electrons. The van der Waals surface area contributed by atoms with Gasteiger partial charge in [0.15, 0.2) is 0 Å². The molecule has 2 aromatic carbocycles. The van der Waals surface area contributed by atoms with Crippen LogP contribution in [0.5, 0.6) is 0 Å². The molecule has 7 heteroatoms. The first-order chi connectivity index (χ1) is 15.1. The Morgan fingerprint density at radius 1 is 0.968 bits per heavy atom. The number of nitrogens with zero attached hydrogens (tertiary/aromatic N) is 1. The maximum absolute atomic E-state index is 13.0. The van der Waals surface area contributed by atoms with Gasteiger partial charge in [0.25, 0.3) is 5.91 Å². The summed E-state index contributed by atoms with van der Waals surface area (Å²) in [7, 11) is 0. The highest BCUT2D eigenvalue weighted by Crippen LogP contribution is 2.31. The van der Waals surface area contributed by atoms with E-state index in [1.54, 1.807) is 18.2 Å². The van der Waals surface area contributed by atoms with Gasteiger partial charge < -0.3 is 20.3 Å². The maximum Gasteiger partial charge on any atom is 0.255 e. The standard InChI is InChI=1S/C24H28BrN3O3/c25-19-9-10-22(28-11-13-31-14-12-28)21(16-19)27-24(30)18-7-4-8-20(15-18)26-23(29)17-5-2-1-3-6-17/h4,7-10,15-17H,1-3,5-6,11-14H2,(H,26,29)(H,27,30). The zero-order valence-electron chi connectivity index (χ0n) is 17.5. The highest BCUT2D eigenvalue weighted by molar-refractivity contribution is 9.10. The van der Waals surface area contributed by atoms with Gasteiger partial charge in [0.05, 0.1) is 24.6 Å². The monoisotopic (exact) mass is 485 g/mol. The summed E-state index contributed by atoms with van der Waals surface area (Å²) in [5, 5.41) is 6.04. The smallest absolute Gasteiger partial charge is 0.255 e. The van der Waals surface area contributed by atoms with Gasteiger partial charge in [-0.3, -0.25) is 9.59 Å². The van der Waals surface area contributed by atoms with E-state index < -0.39 is 0 Å². The van der Waals surface area contributed by atoms with Crippen molar-refractivity contribution in [3.8, 4) is 0 Å². The summed E-state index contributed by atoms with van der Waals surface area (Å²) in [6.45, 7) is 2.92. The third-order valence-electron chi connectivity index (χ3n) is 5.93. The third-order valence-corrected chi connectivity index (χ3v) is 6.42. The van der Waals surface area contributed by atoms with Crippen molar-refractivity contribution < 1.29 is 14.3 Å². The molecule has 2 aromatic rings. The third kappa shape index (κ3) is 5.66. The summed E-state index contributed by atoms with van der Waals surface area (Å²) in [4.78, 5) is 27.8. The molecule has 0 unspecified atom stereocenters. The molecule has 0 aromatic heterocycles. The lowest BCUT2D eigenvalue weighted by Crippen LogP contribution is -2.36. The minimum absolute atomic E-state index is 0.0545. The van der Waals surface area contributed by atoms with Gasteiger partial charge in [-0.15, -0.1) is 0 Å². The Hall–Kier alpha value is -2.38. The molecule has 2 aliphatic rings. The van der Waals surface area contributed by atoms with Crippen molar-refractivity contribution in [1.29, 1.82) is 0 Å². The Morgan fingerprint density at radius 2 is 1.74 bits per heavy atom. The predicted molar refractivity (Wildman–Crippen MR) is 127 cm³/mol. The van der Waals surface area contributed by atoms with Crippen molar-refractivity contribution in [2.75, 3.05) is 41.8 Å². The number of carbonyl (C=O) groups excluding carboxylic acids is 2. The van der Waals surface area contributed by atoms with E-state index in [0.29, 0.717) is 24.5 Å². The number of rotatable bonds is 5. The molecule has 6 nitrogen and oxygen atoms in total. The highest BCUT2D eigenvalue weighted by atomic mass is 79.9. The number of nitrogens with one attached hydrogen (secondary N) is 2. The van der Waals surface area contributed by atoms with Crippen LogP contribution in [0, 0.1) is 5.92 Å². The van der Waals surface area contributed by atoms with Gasteiger partial charge in [0.2, 0.25) is 5.91 Å². The molecule has 31 heavy (non-hydrogen) atoms. The lowest BCUT2D eigenvalue weighted by atomic mass is 9.88. The Balaban J connectivity index is 1.47. The van der Waals surface area contributed by atoms with E-state index in [4.69, 9.17) is 4.74 Å². The van der Waals surface area contributed by atoms with Gasteiger partial charge in [-0.25, -0.2) is 0 Å². The number of hydrogen-bond donors (Lipinski definition) is 2. The SMILES string of the molecule is O=C(Nc1cc(Br)ccc1N1CCOCC1)c1cccc(NC(=O)C2CCCCC2)c1. The molecule has 4 rings (SSSR count). The van der Waals surface area contributed by atoms with Crippen LogP contribution in [0.15, 0.2) is 46.9 Å². The van der Waals surface area contributed by atoms with Gasteiger partial charge in [-0.05, 0) is 49.2 Å². The molecule has 1 heterocycles. The Kier molecular flexibility index (Phi) is 7.25. The molecule has 2 amide bonds. The minimum Gasteiger partial charge on any atom is -0.378 e. The van der Waals surface area contributed by atoms with Gasteiger partial charge in [0.1, 0.15) is 0 Å². The average Bonchev–Trinajstić information content (AvgIpc) is 2.80. The van der Waals surface area contributed by atoms with Crippen LogP contribution < -0.4 is 15.5 Å². The lowest BCUT2D eigenvalue weighted by molar-refractivity contribution is -0.120. The van der Waals surface area contributed by atoms with E-state index in [-0.39, 0.29) is 17.7 Å². The molecule has 2 N–H and O–H groups in total. The molecule has 1 aliphatic carbocycles. The van der Waals surface area contributed by atoms with Crippen LogP contribution in [0.1, 0.15) is 42.5 Å². The molecule has 0 spiro atoms. The van der Waals surface area contributed by atoms with E-state index in [1.165, 1.54) is 6.42 Å². The summed E-state index contributed by atoms with van der Waals surface area (Å²) >= 11 is 3.50. The molecule has 0 bridgehead atoms. The number of amides is 2. The van der Waals surface area contributed by atoms with Crippen LogP contribution in [0.25, 0.3) is 0 Å². The molecule has 164 valence electrons. The first-order valence-corrected chi connectivity index (χ1v) is 11.7. The normalized spacial score (nSPS) is 17.3. The van der Waals surface area contributed by atoms with E-state index in [9.17, 15) is 9.59 Å². The highest BCUT2D eigenvalue weighted by Gasteiger charge is 2.21. The van der Waals surface area contributed by atoms with Crippen molar-refractivity contribution in [2.24, 2.45) is 5.92 Å². The van der Waals surface area contributed by atoms with E-state index in [2.05, 4.69) is 31.5 Å². The number of benzene rings is 2. The summed E-state index contributed by atoms with van der Waals surface area (Å²) < 4.78 is 6.35. The van der Waals surface area contributed by atoms with Crippen LogP contribution in [-0.2, 0) is 9.53 Å². The fraction of sp³-hybridized carbons (Fsp3) is 0.417. The van der Waals surface area contributed by atoms with E-state index in [0.717, 1.165) is 54.6 Å². The van der Waals surface area contributed by atoms with Gasteiger partial charge in [-0.1, -0.05) is 41.3 Å². The van der Waals surface area contributed by atoms with Gasteiger partial charge in [0, 0.05) is 34.7 Å². The first-order valence-electron chi connectivity index (χ1n) is 10.9. The fourth-order valence-corrected chi connectivity index (χ4v) is 4.59. The Morgan fingerprint density at radius 3 is 2.52 bits per heavy atom. The molecular weight excluding hydrogens is 458 g/mol. The number of hydrogen-bond acceptors (Lipinski definition) is 4. The number of anilines is 3. The number of ether oxygens (including phenoxy) is 1. The zero-order valence-corrected chi connectivity index (χ0v) is 19.1. The van der Waals surface area contributed by atoms with E-state index in [1.807, 2.05) is 24.3 Å². The summed E-state index contributed by atoms with van der Waals surface area (Å²) in [6.07, 6.45) is 5.32. The fourth-order valence-electron chi connectivity index (χ4n) is 4.23. The summed E-state index contributed by atoms with van der Waals surface area (Å²) in [5.74, 6) is -0.0794. The molecular formula is C24H28BrN3O3. The van der Waals surface area contributed by atoms with E-state index >= 15 is 0 Å². The van der Waals surface area contributed by atoms with Crippen LogP contribution in [0.2, 0.25) is 0 Å². The second-order valence-electron chi connectivity index (χ2n) is 8.12. The van der Waals surface area contributed by atoms with Crippen LogP contribution in [-0.4, -0.2) is 38.1 Å². The van der Waals surface area contributed by atoms with Crippen molar-refractivity contribution in [2.45, 2.75) is 32.1 Å². The molecule has 1 saturated heterocycles. The first kappa shape index (κ1) is 21.8. The molecule has 2 fully saturated rings. The number of halogens is 1. The zero-order chi connectivity index (χ0) is 21.6. The van der Waals surface area contributed by atoms with Crippen molar-refractivity contribution in [3.05, 3.63) is 52.5 Å². The largest absolute Gasteiger partial charge is 0.378 e. The quantitative estimate of drug-likeness (QED) is 0.620. The van der Waals surface area contributed by atoms with Gasteiger partial charge in [-0.2, -0.15) is 0 Å². The maximum atomic E-state index is 13.0. The number of carbonyl (C=O) groups is 2. The average molecular weight is 486 g/mol. The molecule has 1 aliphatic heterocycles. The van der Waals surface area contributed by atoms with Crippen molar-refractivity contribution >= 4 is 44.8 Å². The number of morpholine rings is 1. The Bertz CT molecular complexity index is 937. The predicted octanol–water partition coefficient (Wildman–Crippen LogP) is 5.06. The van der Waals surface area contributed by atoms with Crippen molar-refractivity contribution in [1.82, 2.24) is 0 Å². The topological polar surface area (TPSA) is 70.7 Å². The Labute approximate surface area is 191 Å². The van der Waals surface area contributed by atoms with Gasteiger partial charge >= 0.3 is 0 Å². The molecule has 1 saturated carbocycles. The van der Waals surface area contributed by atoms with Crippen LogP contribution in [0.4, 0.5) is 17.1 Å². The minimum atomic E-state index is -0.207. The second kappa shape index (κ2) is 10.3. The lowest BCUT2D eigenvalue weighted by Gasteiger charge is -2.30. The summed E-state index contributed by atoms with van der Waals surface area (Å²) in [5.41, 5.74) is 2.89. The molecule has 0 atom stereocenters. The van der Waals surface area contributed by atoms with Crippen LogP contribution in [0.3, 0.4) is 0 Å². The second-order valence-corrected chi connectivity index (χ2v) is 9.04. The van der Waals surface area contributed by atoms with Crippen LogP contribution >= 0.6 is 15.9 Å².